The van der Waals surface area contributed by atoms with Crippen LogP contribution in [0.15, 0.2) is 59.5 Å². The molecule has 126 valence electrons. The van der Waals surface area contributed by atoms with E-state index in [0.717, 1.165) is 4.90 Å². The SMILES string of the molecule is O=C(CC1CC1(F)Cl)OCCSc1ccc(-c2ccccc2)cc1. The van der Waals surface area contributed by atoms with E-state index in [1.807, 2.05) is 18.2 Å². The zero-order valence-corrected chi connectivity index (χ0v) is 14.7. The van der Waals surface area contributed by atoms with Crippen LogP contribution in [-0.4, -0.2) is 23.5 Å². The van der Waals surface area contributed by atoms with Crippen molar-refractivity contribution in [3.8, 4) is 11.1 Å². The fourth-order valence-corrected chi connectivity index (χ4v) is 3.43. The maximum absolute atomic E-state index is 13.1. The lowest BCUT2D eigenvalue weighted by Crippen LogP contribution is -2.09. The number of esters is 1. The summed E-state index contributed by atoms with van der Waals surface area (Å²) in [6.45, 7) is 0.318. The molecule has 2 unspecified atom stereocenters. The largest absolute Gasteiger partial charge is 0.465 e. The maximum Gasteiger partial charge on any atom is 0.306 e. The highest BCUT2D eigenvalue weighted by molar-refractivity contribution is 7.99. The zero-order chi connectivity index (χ0) is 17.0. The van der Waals surface area contributed by atoms with Gasteiger partial charge in [-0.25, -0.2) is 4.39 Å². The van der Waals surface area contributed by atoms with Crippen molar-refractivity contribution in [2.45, 2.75) is 22.9 Å². The highest BCUT2D eigenvalue weighted by Gasteiger charge is 2.55. The molecule has 0 bridgehead atoms. The van der Waals surface area contributed by atoms with E-state index in [1.165, 1.54) is 11.1 Å². The van der Waals surface area contributed by atoms with Crippen LogP contribution in [0, 0.1) is 5.92 Å². The number of hydrogen-bond donors (Lipinski definition) is 0. The molecule has 2 atom stereocenters. The van der Waals surface area contributed by atoms with Gasteiger partial charge in [-0.1, -0.05) is 54.1 Å². The summed E-state index contributed by atoms with van der Waals surface area (Å²) < 4.78 is 18.3. The summed E-state index contributed by atoms with van der Waals surface area (Å²) in [5.74, 6) is -0.0898. The lowest BCUT2D eigenvalue weighted by molar-refractivity contribution is -0.143. The molecule has 5 heteroatoms. The van der Waals surface area contributed by atoms with Gasteiger partial charge >= 0.3 is 5.97 Å². The van der Waals surface area contributed by atoms with Crippen LogP contribution in [0.4, 0.5) is 4.39 Å². The van der Waals surface area contributed by atoms with E-state index >= 15 is 0 Å². The molecule has 0 spiro atoms. The van der Waals surface area contributed by atoms with Gasteiger partial charge < -0.3 is 4.74 Å². The van der Waals surface area contributed by atoms with Gasteiger partial charge in [-0.15, -0.1) is 11.8 Å². The van der Waals surface area contributed by atoms with Crippen LogP contribution in [-0.2, 0) is 9.53 Å². The number of rotatable bonds is 7. The van der Waals surface area contributed by atoms with Gasteiger partial charge in [-0.3, -0.25) is 4.79 Å². The molecule has 1 aliphatic rings. The number of ether oxygens (including phenoxy) is 1. The third-order valence-electron chi connectivity index (χ3n) is 3.95. The molecular weight excluding hydrogens is 347 g/mol. The average Bonchev–Trinajstić information content (AvgIpc) is 3.19. The zero-order valence-electron chi connectivity index (χ0n) is 13.1. The van der Waals surface area contributed by atoms with Crippen LogP contribution in [0.5, 0.6) is 0 Å². The molecule has 0 radical (unpaired) electrons. The minimum Gasteiger partial charge on any atom is -0.465 e. The summed E-state index contributed by atoms with van der Waals surface area (Å²) in [5.41, 5.74) is 2.36. The first-order valence-corrected chi connectivity index (χ1v) is 9.23. The summed E-state index contributed by atoms with van der Waals surface area (Å²) in [6.07, 6.45) is 0.308. The van der Waals surface area contributed by atoms with E-state index in [-0.39, 0.29) is 24.7 Å². The van der Waals surface area contributed by atoms with Crippen LogP contribution in [0.25, 0.3) is 11.1 Å². The Balaban J connectivity index is 1.38. The molecule has 1 aliphatic carbocycles. The summed E-state index contributed by atoms with van der Waals surface area (Å²) in [4.78, 5) is 12.7. The van der Waals surface area contributed by atoms with Crippen molar-refractivity contribution in [2.24, 2.45) is 5.92 Å². The molecule has 3 rings (SSSR count). The smallest absolute Gasteiger partial charge is 0.306 e. The molecule has 2 aromatic rings. The van der Waals surface area contributed by atoms with Crippen LogP contribution in [0.2, 0.25) is 0 Å². The maximum atomic E-state index is 13.1. The molecule has 0 heterocycles. The Morgan fingerprint density at radius 2 is 1.79 bits per heavy atom. The van der Waals surface area contributed by atoms with E-state index in [4.69, 9.17) is 16.3 Å². The number of halogens is 2. The minimum atomic E-state index is -1.69. The predicted molar refractivity (Wildman–Crippen MR) is 96.0 cm³/mol. The molecule has 1 saturated carbocycles. The summed E-state index contributed by atoms with van der Waals surface area (Å²) in [6, 6.07) is 18.5. The van der Waals surface area contributed by atoms with Crippen molar-refractivity contribution >= 4 is 29.3 Å². The summed E-state index contributed by atoms with van der Waals surface area (Å²) >= 11 is 7.09. The van der Waals surface area contributed by atoms with Crippen LogP contribution in [0.3, 0.4) is 0 Å². The fourth-order valence-electron chi connectivity index (χ4n) is 2.44. The lowest BCUT2D eigenvalue weighted by atomic mass is 10.1. The number of benzene rings is 2. The third kappa shape index (κ3) is 4.74. The van der Waals surface area contributed by atoms with Crippen LogP contribution in [0.1, 0.15) is 12.8 Å². The van der Waals surface area contributed by atoms with Crippen LogP contribution >= 0.6 is 23.4 Å². The normalized spacial score (nSPS) is 22.2. The number of alkyl halides is 2. The average molecular weight is 365 g/mol. The van der Waals surface area contributed by atoms with E-state index < -0.39 is 5.13 Å². The number of thioether (sulfide) groups is 1. The second-order valence-corrected chi connectivity index (χ2v) is 7.62. The summed E-state index contributed by atoms with van der Waals surface area (Å²) in [5, 5.41) is -1.69. The molecule has 2 nitrogen and oxygen atoms in total. The van der Waals surface area contributed by atoms with Gasteiger partial charge in [-0.2, -0.15) is 0 Å². The number of hydrogen-bond acceptors (Lipinski definition) is 3. The molecule has 0 amide bonds. The molecule has 1 fully saturated rings. The van der Waals surface area contributed by atoms with Crippen molar-refractivity contribution in [3.63, 3.8) is 0 Å². The monoisotopic (exact) mass is 364 g/mol. The molecule has 24 heavy (non-hydrogen) atoms. The van der Waals surface area contributed by atoms with E-state index in [0.29, 0.717) is 12.4 Å². The Labute approximate surface area is 150 Å². The van der Waals surface area contributed by atoms with Crippen molar-refractivity contribution in [1.82, 2.24) is 0 Å². The van der Waals surface area contributed by atoms with E-state index in [9.17, 15) is 9.18 Å². The Kier molecular flexibility index (Phi) is 5.47. The number of carbonyl (C=O) groups excluding carboxylic acids is 1. The summed E-state index contributed by atoms with van der Waals surface area (Å²) in [7, 11) is 0. The lowest BCUT2D eigenvalue weighted by Gasteiger charge is -2.06. The van der Waals surface area contributed by atoms with Gasteiger partial charge in [0.2, 0.25) is 0 Å². The van der Waals surface area contributed by atoms with Gasteiger partial charge in [0, 0.05) is 23.0 Å². The van der Waals surface area contributed by atoms with Crippen molar-refractivity contribution < 1.29 is 13.9 Å². The molecule has 2 aromatic carbocycles. The van der Waals surface area contributed by atoms with Gasteiger partial charge in [0.25, 0.3) is 0 Å². The van der Waals surface area contributed by atoms with Crippen molar-refractivity contribution in [3.05, 3.63) is 54.6 Å². The molecular formula is C19H18ClFO2S. The standard InChI is InChI=1S/C19H18ClFO2S/c20-19(21)13-16(19)12-18(22)23-10-11-24-17-8-6-15(7-9-17)14-4-2-1-3-5-14/h1-9,16H,10-13H2. The second kappa shape index (κ2) is 7.58. The quantitative estimate of drug-likeness (QED) is 0.288. The molecule has 0 aliphatic heterocycles. The first-order chi connectivity index (χ1) is 11.5. The Bertz CT molecular complexity index is 688. The first-order valence-electron chi connectivity index (χ1n) is 7.86. The Morgan fingerprint density at radius 1 is 1.17 bits per heavy atom. The second-order valence-electron chi connectivity index (χ2n) is 5.83. The van der Waals surface area contributed by atoms with Crippen LogP contribution < -0.4 is 0 Å². The van der Waals surface area contributed by atoms with Crippen molar-refractivity contribution in [2.75, 3.05) is 12.4 Å². The minimum absolute atomic E-state index is 0.0659. The number of carbonyl (C=O) groups is 1. The molecule has 0 saturated heterocycles. The Hall–Kier alpha value is -1.52. The van der Waals surface area contributed by atoms with Gasteiger partial charge in [0.05, 0.1) is 6.42 Å². The van der Waals surface area contributed by atoms with E-state index in [1.54, 1.807) is 11.8 Å². The topological polar surface area (TPSA) is 26.3 Å². The molecule has 0 N–H and O–H groups in total. The Morgan fingerprint density at radius 3 is 2.42 bits per heavy atom. The first kappa shape index (κ1) is 17.3. The van der Waals surface area contributed by atoms with Gasteiger partial charge in [0.15, 0.2) is 5.13 Å². The highest BCUT2D eigenvalue weighted by atomic mass is 35.5. The van der Waals surface area contributed by atoms with Crippen molar-refractivity contribution in [1.29, 1.82) is 0 Å². The fraction of sp³-hybridized carbons (Fsp3) is 0.316. The van der Waals surface area contributed by atoms with Gasteiger partial charge in [0.1, 0.15) is 6.61 Å². The predicted octanol–water partition coefficient (Wildman–Crippen LogP) is 5.30. The van der Waals surface area contributed by atoms with Gasteiger partial charge in [-0.05, 0) is 23.3 Å². The highest BCUT2D eigenvalue weighted by Crippen LogP contribution is 2.52. The molecule has 0 aromatic heterocycles. The third-order valence-corrected chi connectivity index (χ3v) is 5.38. The van der Waals surface area contributed by atoms with E-state index in [2.05, 4.69) is 36.4 Å².